The molecule has 10 heteroatoms. The molecule has 0 aromatic rings. The molecule has 2 heterocycles. The second-order valence-corrected chi connectivity index (χ2v) is 5.91. The summed E-state index contributed by atoms with van der Waals surface area (Å²) >= 11 is 0.918. The van der Waals surface area contributed by atoms with Gasteiger partial charge >= 0.3 is 6.18 Å². The van der Waals surface area contributed by atoms with Crippen molar-refractivity contribution in [2.75, 3.05) is 7.05 Å². The number of aliphatic imine (C=N–C) groups is 1. The van der Waals surface area contributed by atoms with Gasteiger partial charge in [-0.25, -0.2) is 4.39 Å². The molecule has 0 amide bonds. The summed E-state index contributed by atoms with van der Waals surface area (Å²) in [5.74, 6) is 0. The van der Waals surface area contributed by atoms with E-state index in [1.165, 1.54) is 7.05 Å². The van der Waals surface area contributed by atoms with E-state index in [4.69, 9.17) is 4.74 Å². The fourth-order valence-electron chi connectivity index (χ4n) is 2.12. The summed E-state index contributed by atoms with van der Waals surface area (Å²) in [6, 6.07) is -1.01. The molecule has 2 aliphatic rings. The van der Waals surface area contributed by atoms with Crippen LogP contribution in [0.5, 0.6) is 0 Å². The zero-order chi connectivity index (χ0) is 15.3. The Morgan fingerprint density at radius 1 is 1.40 bits per heavy atom. The summed E-state index contributed by atoms with van der Waals surface area (Å²) in [4.78, 5) is 3.76. The Labute approximate surface area is 116 Å². The van der Waals surface area contributed by atoms with E-state index in [-0.39, 0.29) is 0 Å². The molecule has 0 aromatic carbocycles. The highest BCUT2D eigenvalue weighted by Crippen LogP contribution is 2.43. The molecule has 20 heavy (non-hydrogen) atoms. The van der Waals surface area contributed by atoms with Gasteiger partial charge in [-0.3, -0.25) is 4.99 Å². The molecule has 116 valence electrons. The number of halogens is 4. The molecule has 2 rings (SSSR count). The van der Waals surface area contributed by atoms with Gasteiger partial charge in [-0.15, -0.1) is 0 Å². The quantitative estimate of drug-likeness (QED) is 0.611. The van der Waals surface area contributed by atoms with E-state index in [0.717, 1.165) is 11.8 Å². The summed E-state index contributed by atoms with van der Waals surface area (Å²) < 4.78 is 57.5. The van der Waals surface area contributed by atoms with E-state index < -0.39 is 41.6 Å². The van der Waals surface area contributed by atoms with Crippen molar-refractivity contribution in [3.05, 3.63) is 0 Å². The van der Waals surface area contributed by atoms with Gasteiger partial charge in [-0.2, -0.15) is 13.2 Å². The topological polar surface area (TPSA) is 74.1 Å². The summed E-state index contributed by atoms with van der Waals surface area (Å²) in [7, 11) is 1.43. The van der Waals surface area contributed by atoms with E-state index in [9.17, 15) is 27.8 Å². The molecular formula is C10H14F4N2O3S. The number of fused-ring (bicyclic) bond motifs is 1. The maximum atomic E-state index is 14.1. The lowest BCUT2D eigenvalue weighted by Crippen LogP contribution is -2.66. The zero-order valence-corrected chi connectivity index (χ0v) is 11.4. The van der Waals surface area contributed by atoms with Crippen molar-refractivity contribution in [1.82, 2.24) is 5.32 Å². The SMILES string of the molecule is CN=C1N[C@@H]2[C@H](F)[C@H](O)[C@@H]([C@@](C)(O)C(F)(F)F)O[C@@H]2S1. The highest BCUT2D eigenvalue weighted by molar-refractivity contribution is 8.14. The number of hydrogen-bond donors (Lipinski definition) is 3. The number of nitrogens with zero attached hydrogens (tertiary/aromatic N) is 1. The van der Waals surface area contributed by atoms with Crippen LogP contribution in [0, 0.1) is 0 Å². The van der Waals surface area contributed by atoms with Gasteiger partial charge in [0.15, 0.2) is 16.9 Å². The van der Waals surface area contributed by atoms with Gasteiger partial charge in [0, 0.05) is 7.05 Å². The number of aliphatic hydroxyl groups excluding tert-OH is 1. The van der Waals surface area contributed by atoms with Crippen LogP contribution >= 0.6 is 11.8 Å². The third-order valence-corrected chi connectivity index (χ3v) is 4.56. The number of aliphatic hydroxyl groups is 2. The van der Waals surface area contributed by atoms with Gasteiger partial charge in [0.1, 0.15) is 17.6 Å². The molecule has 2 aliphatic heterocycles. The number of nitrogens with one attached hydrogen (secondary N) is 1. The smallest absolute Gasteiger partial charge is 0.387 e. The normalized spacial score (nSPS) is 43.0. The van der Waals surface area contributed by atoms with Crippen LogP contribution in [0.25, 0.3) is 0 Å². The largest absolute Gasteiger partial charge is 0.419 e. The van der Waals surface area contributed by atoms with E-state index in [0.29, 0.717) is 12.1 Å². The molecule has 0 radical (unpaired) electrons. The second kappa shape index (κ2) is 5.00. The first kappa shape index (κ1) is 15.8. The van der Waals surface area contributed by atoms with E-state index >= 15 is 0 Å². The van der Waals surface area contributed by atoms with Crippen LogP contribution in [-0.4, -0.2) is 64.1 Å². The van der Waals surface area contributed by atoms with Gasteiger partial charge in [-0.05, 0) is 6.92 Å². The summed E-state index contributed by atoms with van der Waals surface area (Å²) in [6.07, 6.45) is -11.3. The van der Waals surface area contributed by atoms with Gasteiger partial charge in [-0.1, -0.05) is 11.8 Å². The third kappa shape index (κ3) is 2.38. The van der Waals surface area contributed by atoms with Crippen LogP contribution in [0.1, 0.15) is 6.92 Å². The molecule has 0 spiro atoms. The minimum Gasteiger partial charge on any atom is -0.387 e. The third-order valence-electron chi connectivity index (χ3n) is 3.40. The lowest BCUT2D eigenvalue weighted by atomic mass is 9.87. The summed E-state index contributed by atoms with van der Waals surface area (Å²) in [6.45, 7) is 0.454. The van der Waals surface area contributed by atoms with Crippen molar-refractivity contribution < 1.29 is 32.5 Å². The van der Waals surface area contributed by atoms with Crippen molar-refractivity contribution in [3.8, 4) is 0 Å². The average molecular weight is 318 g/mol. The van der Waals surface area contributed by atoms with Crippen LogP contribution < -0.4 is 5.32 Å². The molecule has 0 aromatic heterocycles. The number of hydrogen-bond acceptors (Lipinski definition) is 5. The predicted octanol–water partition coefficient (Wildman–Crippen LogP) is 0.414. The average Bonchev–Trinajstić information content (AvgIpc) is 2.75. The molecule has 0 saturated carbocycles. The standard InChI is InChI=1S/C10H14F4N2O3S/c1-9(18,10(12,13)14)6-5(17)3(11)4-7(19-6)20-8(15-2)16-4/h3-7,17-18H,1-2H3,(H,15,16)/t3-,4+,5-,6-,7+,9+/m0/s1. The van der Waals surface area contributed by atoms with Crippen molar-refractivity contribution in [2.45, 2.75) is 48.6 Å². The highest BCUT2D eigenvalue weighted by Gasteiger charge is 2.63. The molecule has 5 nitrogen and oxygen atoms in total. The number of rotatable bonds is 1. The molecule has 0 unspecified atom stereocenters. The van der Waals surface area contributed by atoms with Gasteiger partial charge in [0.05, 0.1) is 6.04 Å². The second-order valence-electron chi connectivity index (χ2n) is 4.82. The fraction of sp³-hybridized carbons (Fsp3) is 0.900. The highest BCUT2D eigenvalue weighted by atomic mass is 32.2. The van der Waals surface area contributed by atoms with Crippen LogP contribution in [-0.2, 0) is 4.74 Å². The van der Waals surface area contributed by atoms with E-state index in [1.807, 2.05) is 0 Å². The minimum absolute atomic E-state index is 0.308. The summed E-state index contributed by atoms with van der Waals surface area (Å²) in [5, 5.41) is 22.2. The van der Waals surface area contributed by atoms with Gasteiger partial charge in [0.2, 0.25) is 0 Å². The van der Waals surface area contributed by atoms with Crippen molar-refractivity contribution in [3.63, 3.8) is 0 Å². The molecule has 6 atom stereocenters. The Bertz CT molecular complexity index is 418. The monoisotopic (exact) mass is 318 g/mol. The van der Waals surface area contributed by atoms with Crippen LogP contribution in [0.4, 0.5) is 17.6 Å². The Morgan fingerprint density at radius 3 is 2.50 bits per heavy atom. The predicted molar refractivity (Wildman–Crippen MR) is 64.1 cm³/mol. The number of ether oxygens (including phenoxy) is 1. The first-order chi connectivity index (χ1) is 9.09. The first-order valence-electron chi connectivity index (χ1n) is 5.76. The molecule has 2 fully saturated rings. The molecule has 0 aliphatic carbocycles. The molecule has 2 saturated heterocycles. The van der Waals surface area contributed by atoms with Crippen LogP contribution in [0.15, 0.2) is 4.99 Å². The first-order valence-corrected chi connectivity index (χ1v) is 6.64. The Hall–Kier alpha value is -0.580. The van der Waals surface area contributed by atoms with Crippen LogP contribution in [0.3, 0.4) is 0 Å². The van der Waals surface area contributed by atoms with Crippen molar-refractivity contribution >= 4 is 16.9 Å². The summed E-state index contributed by atoms with van der Waals surface area (Å²) in [5.41, 5.74) is -4.35. The van der Waals surface area contributed by atoms with Gasteiger partial charge in [0.25, 0.3) is 0 Å². The van der Waals surface area contributed by atoms with Crippen molar-refractivity contribution in [2.24, 2.45) is 4.99 Å². The Morgan fingerprint density at radius 2 is 2.00 bits per heavy atom. The molecule has 0 bridgehead atoms. The number of alkyl halides is 4. The fourth-order valence-corrected chi connectivity index (χ4v) is 3.19. The van der Waals surface area contributed by atoms with E-state index in [1.54, 1.807) is 0 Å². The maximum Gasteiger partial charge on any atom is 0.419 e. The molecular weight excluding hydrogens is 304 g/mol. The lowest BCUT2D eigenvalue weighted by molar-refractivity contribution is -0.315. The molecule has 3 N–H and O–H groups in total. The minimum atomic E-state index is -5.05. The van der Waals surface area contributed by atoms with Crippen molar-refractivity contribution in [1.29, 1.82) is 0 Å². The number of thioether (sulfide) groups is 1. The lowest BCUT2D eigenvalue weighted by Gasteiger charge is -2.44. The zero-order valence-electron chi connectivity index (χ0n) is 10.6. The Balaban J connectivity index is 2.26. The van der Waals surface area contributed by atoms with Crippen LogP contribution in [0.2, 0.25) is 0 Å². The maximum absolute atomic E-state index is 14.1. The Kier molecular flexibility index (Phi) is 3.95. The van der Waals surface area contributed by atoms with E-state index in [2.05, 4.69) is 10.3 Å². The number of amidine groups is 1. The van der Waals surface area contributed by atoms with Gasteiger partial charge < -0.3 is 20.3 Å².